The van der Waals surface area contributed by atoms with Gasteiger partial charge < -0.3 is 14.9 Å². The van der Waals surface area contributed by atoms with Gasteiger partial charge in [0, 0.05) is 11.3 Å². The van der Waals surface area contributed by atoms with Crippen LogP contribution in [0.5, 0.6) is 11.5 Å². The van der Waals surface area contributed by atoms with Gasteiger partial charge in [0.25, 0.3) is 11.7 Å². The molecule has 1 aliphatic heterocycles. The number of Topliss-reactive ketones (excluding diaryl/α,β-unsaturated/α-hetero) is 1. The number of carbonyl (C=O) groups excluding carboxylic acids is 2. The Balaban J connectivity index is 1.83. The standard InChI is InChI=1S/C30H31NO5/c1-5-20-6-11-23(12-7-20)31-27(21-8-13-24(32)14-9-21)26(29(34)30(31)35)28(33)22-10-15-25(19(4)16-22)36-17-18(2)3/h6-16,18,27,32-33H,5,17H2,1-4H3/b28-26-. The molecule has 1 fully saturated rings. The van der Waals surface area contributed by atoms with Gasteiger partial charge in [0.05, 0.1) is 18.2 Å². The summed E-state index contributed by atoms with van der Waals surface area (Å²) in [4.78, 5) is 28.0. The van der Waals surface area contributed by atoms with Crippen LogP contribution in [-0.4, -0.2) is 28.5 Å². The van der Waals surface area contributed by atoms with Crippen molar-refractivity contribution >= 4 is 23.1 Å². The van der Waals surface area contributed by atoms with Crippen LogP contribution in [0.25, 0.3) is 5.76 Å². The molecular weight excluding hydrogens is 454 g/mol. The summed E-state index contributed by atoms with van der Waals surface area (Å²) in [7, 11) is 0. The van der Waals surface area contributed by atoms with Crippen LogP contribution < -0.4 is 9.64 Å². The summed E-state index contributed by atoms with van der Waals surface area (Å²) in [6.45, 7) is 8.60. The average molecular weight is 486 g/mol. The van der Waals surface area contributed by atoms with E-state index in [0.29, 0.717) is 35.1 Å². The summed E-state index contributed by atoms with van der Waals surface area (Å²) in [6.07, 6.45) is 0.844. The number of phenols is 1. The summed E-state index contributed by atoms with van der Waals surface area (Å²) < 4.78 is 5.84. The molecular formula is C30H31NO5. The number of carbonyl (C=O) groups is 2. The van der Waals surface area contributed by atoms with E-state index in [1.54, 1.807) is 30.3 Å². The predicted molar refractivity (Wildman–Crippen MR) is 140 cm³/mol. The normalized spacial score (nSPS) is 17.1. The molecule has 0 bridgehead atoms. The monoisotopic (exact) mass is 485 g/mol. The largest absolute Gasteiger partial charge is 0.508 e. The number of aromatic hydroxyl groups is 1. The van der Waals surface area contributed by atoms with Crippen molar-refractivity contribution in [3.05, 3.63) is 94.6 Å². The molecule has 6 heteroatoms. The molecule has 1 saturated heterocycles. The van der Waals surface area contributed by atoms with Crippen molar-refractivity contribution in [2.24, 2.45) is 5.92 Å². The van der Waals surface area contributed by atoms with Crippen LogP contribution in [0.3, 0.4) is 0 Å². The maximum atomic E-state index is 13.3. The van der Waals surface area contributed by atoms with E-state index in [1.165, 1.54) is 17.0 Å². The average Bonchev–Trinajstić information content (AvgIpc) is 3.13. The highest BCUT2D eigenvalue weighted by atomic mass is 16.5. The molecule has 3 aromatic rings. The zero-order valence-corrected chi connectivity index (χ0v) is 21.0. The number of anilines is 1. The molecule has 1 unspecified atom stereocenters. The third kappa shape index (κ3) is 4.85. The van der Waals surface area contributed by atoms with E-state index in [-0.39, 0.29) is 17.1 Å². The van der Waals surface area contributed by atoms with Crippen LogP contribution in [-0.2, 0) is 16.0 Å². The molecule has 1 heterocycles. The van der Waals surface area contributed by atoms with Crippen LogP contribution in [0.2, 0.25) is 0 Å². The lowest BCUT2D eigenvalue weighted by molar-refractivity contribution is -0.132. The molecule has 0 aliphatic carbocycles. The predicted octanol–water partition coefficient (Wildman–Crippen LogP) is 5.92. The number of benzene rings is 3. The van der Waals surface area contributed by atoms with E-state index in [1.807, 2.05) is 38.1 Å². The van der Waals surface area contributed by atoms with Crippen molar-refractivity contribution in [3.63, 3.8) is 0 Å². The molecule has 3 aromatic carbocycles. The molecule has 0 radical (unpaired) electrons. The van der Waals surface area contributed by atoms with Gasteiger partial charge in [0.15, 0.2) is 0 Å². The third-order valence-electron chi connectivity index (χ3n) is 6.30. The van der Waals surface area contributed by atoms with Gasteiger partial charge in [-0.25, -0.2) is 0 Å². The van der Waals surface area contributed by atoms with Gasteiger partial charge in [0.2, 0.25) is 0 Å². The van der Waals surface area contributed by atoms with Crippen LogP contribution >= 0.6 is 0 Å². The minimum absolute atomic E-state index is 0.000469. The van der Waals surface area contributed by atoms with E-state index >= 15 is 0 Å². The molecule has 4 rings (SSSR count). The smallest absolute Gasteiger partial charge is 0.300 e. The quantitative estimate of drug-likeness (QED) is 0.246. The fraction of sp³-hybridized carbons (Fsp3) is 0.267. The van der Waals surface area contributed by atoms with Gasteiger partial charge in [-0.1, -0.05) is 45.0 Å². The summed E-state index contributed by atoms with van der Waals surface area (Å²) in [6, 6.07) is 18.1. The Bertz CT molecular complexity index is 1310. The van der Waals surface area contributed by atoms with Crippen molar-refractivity contribution in [2.45, 2.75) is 40.2 Å². The molecule has 1 amide bonds. The van der Waals surface area contributed by atoms with Crippen molar-refractivity contribution in [1.82, 2.24) is 0 Å². The third-order valence-corrected chi connectivity index (χ3v) is 6.30. The molecule has 36 heavy (non-hydrogen) atoms. The SMILES string of the molecule is CCc1ccc(N2C(=O)C(=O)/C(=C(\O)c3ccc(OCC(C)C)c(C)c3)C2c2ccc(O)cc2)cc1. The first-order valence-electron chi connectivity index (χ1n) is 12.1. The van der Waals surface area contributed by atoms with Crippen LogP contribution in [0.1, 0.15) is 49.1 Å². The molecule has 0 spiro atoms. The van der Waals surface area contributed by atoms with E-state index in [0.717, 1.165) is 17.5 Å². The van der Waals surface area contributed by atoms with Crippen molar-refractivity contribution < 1.29 is 24.5 Å². The summed E-state index contributed by atoms with van der Waals surface area (Å²) in [5.41, 5.74) is 3.49. The van der Waals surface area contributed by atoms with Crippen molar-refractivity contribution in [2.75, 3.05) is 11.5 Å². The molecule has 6 nitrogen and oxygen atoms in total. The minimum Gasteiger partial charge on any atom is -0.508 e. The first-order chi connectivity index (χ1) is 17.2. The number of aryl methyl sites for hydroxylation is 2. The van der Waals surface area contributed by atoms with E-state index in [2.05, 4.69) is 13.8 Å². The second kappa shape index (κ2) is 10.3. The Morgan fingerprint density at radius 3 is 2.25 bits per heavy atom. The lowest BCUT2D eigenvalue weighted by Gasteiger charge is -2.25. The number of hydrogen-bond donors (Lipinski definition) is 2. The maximum absolute atomic E-state index is 13.3. The Labute approximate surface area is 211 Å². The van der Waals surface area contributed by atoms with E-state index in [9.17, 15) is 19.8 Å². The summed E-state index contributed by atoms with van der Waals surface area (Å²) in [5.74, 6) is -0.597. The highest BCUT2D eigenvalue weighted by molar-refractivity contribution is 6.51. The maximum Gasteiger partial charge on any atom is 0.300 e. The second-order valence-electron chi connectivity index (χ2n) is 9.47. The zero-order chi connectivity index (χ0) is 26.0. The number of phenolic OH excluding ortho intramolecular Hbond substituents is 1. The number of aliphatic hydroxyl groups is 1. The minimum atomic E-state index is -0.852. The van der Waals surface area contributed by atoms with Crippen LogP contribution in [0, 0.1) is 12.8 Å². The zero-order valence-electron chi connectivity index (χ0n) is 21.0. The fourth-order valence-electron chi connectivity index (χ4n) is 4.33. The second-order valence-corrected chi connectivity index (χ2v) is 9.47. The van der Waals surface area contributed by atoms with Gasteiger partial charge in [-0.15, -0.1) is 0 Å². The summed E-state index contributed by atoms with van der Waals surface area (Å²) >= 11 is 0. The van der Waals surface area contributed by atoms with E-state index in [4.69, 9.17) is 4.74 Å². The topological polar surface area (TPSA) is 87.1 Å². The van der Waals surface area contributed by atoms with Crippen LogP contribution in [0.15, 0.2) is 72.3 Å². The Hall–Kier alpha value is -4.06. The molecule has 1 aliphatic rings. The Morgan fingerprint density at radius 2 is 1.67 bits per heavy atom. The highest BCUT2D eigenvalue weighted by Gasteiger charge is 2.47. The number of aliphatic hydroxyl groups excluding tert-OH is 1. The van der Waals surface area contributed by atoms with Gasteiger partial charge in [-0.2, -0.15) is 0 Å². The fourth-order valence-corrected chi connectivity index (χ4v) is 4.33. The number of ether oxygens (including phenoxy) is 1. The van der Waals surface area contributed by atoms with Crippen molar-refractivity contribution in [3.8, 4) is 11.5 Å². The number of ketones is 1. The highest BCUT2D eigenvalue weighted by Crippen LogP contribution is 2.42. The molecule has 0 aromatic heterocycles. The van der Waals surface area contributed by atoms with Crippen LogP contribution in [0.4, 0.5) is 5.69 Å². The van der Waals surface area contributed by atoms with E-state index < -0.39 is 17.7 Å². The Morgan fingerprint density at radius 1 is 1.00 bits per heavy atom. The molecule has 2 N–H and O–H groups in total. The number of nitrogens with zero attached hydrogens (tertiary/aromatic N) is 1. The molecule has 186 valence electrons. The van der Waals surface area contributed by atoms with Gasteiger partial charge in [-0.3, -0.25) is 14.5 Å². The first kappa shape index (κ1) is 25.0. The first-order valence-corrected chi connectivity index (χ1v) is 12.1. The number of amides is 1. The van der Waals surface area contributed by atoms with Gasteiger partial charge in [-0.05, 0) is 78.4 Å². The lowest BCUT2D eigenvalue weighted by atomic mass is 9.94. The number of rotatable bonds is 7. The lowest BCUT2D eigenvalue weighted by Crippen LogP contribution is -2.29. The molecule has 0 saturated carbocycles. The van der Waals surface area contributed by atoms with Gasteiger partial charge in [0.1, 0.15) is 17.3 Å². The number of hydrogen-bond acceptors (Lipinski definition) is 5. The summed E-state index contributed by atoms with van der Waals surface area (Å²) in [5, 5.41) is 21.2. The Kier molecular flexibility index (Phi) is 7.15. The van der Waals surface area contributed by atoms with Crippen molar-refractivity contribution in [1.29, 1.82) is 0 Å². The van der Waals surface area contributed by atoms with Gasteiger partial charge >= 0.3 is 0 Å². The molecule has 1 atom stereocenters.